The molecule has 0 unspecified atom stereocenters. The minimum absolute atomic E-state index is 0.0197. The maximum absolute atomic E-state index is 13.7. The van der Waals surface area contributed by atoms with Crippen molar-refractivity contribution in [1.29, 1.82) is 0 Å². The van der Waals surface area contributed by atoms with Gasteiger partial charge in [0.15, 0.2) is 5.82 Å². The smallest absolute Gasteiger partial charge is 0.284 e. The summed E-state index contributed by atoms with van der Waals surface area (Å²) in [6.45, 7) is 0. The number of nitrogens with one attached hydrogen (secondary N) is 1. The molecule has 6 heteroatoms. The molecule has 1 N–H and O–H groups in total. The topological polar surface area (TPSA) is 32.9 Å². The number of rotatable bonds is 1. The fourth-order valence-corrected chi connectivity index (χ4v) is 2.16. The van der Waals surface area contributed by atoms with E-state index in [1.807, 2.05) is 0 Å². The Morgan fingerprint density at radius 2 is 1.71 bits per heavy atom. The van der Waals surface area contributed by atoms with Gasteiger partial charge in [0.25, 0.3) is 5.56 Å². The summed E-state index contributed by atoms with van der Waals surface area (Å²) >= 11 is 17.7. The number of benzene rings is 1. The molecular formula is C11H5Cl3FNO. The van der Waals surface area contributed by atoms with Gasteiger partial charge in [0.2, 0.25) is 0 Å². The lowest BCUT2D eigenvalue weighted by molar-refractivity contribution is 0.612. The molecule has 0 spiro atoms. The van der Waals surface area contributed by atoms with Gasteiger partial charge in [-0.15, -0.1) is 0 Å². The standard InChI is InChI=1S/C11H5Cl3FNO/c12-6-1-2-7(13)9(14)8(6)5-3-4-16-11(17)10(5)15/h1-4H,(H,16,17). The molecule has 0 aliphatic rings. The van der Waals surface area contributed by atoms with Gasteiger partial charge >= 0.3 is 0 Å². The molecule has 0 atom stereocenters. The quantitative estimate of drug-likeness (QED) is 0.787. The summed E-state index contributed by atoms with van der Waals surface area (Å²) in [5.74, 6) is -0.946. The summed E-state index contributed by atoms with van der Waals surface area (Å²) < 4.78 is 13.7. The Hall–Kier alpha value is -1.03. The van der Waals surface area contributed by atoms with Crippen LogP contribution in [0.3, 0.4) is 0 Å². The van der Waals surface area contributed by atoms with E-state index < -0.39 is 11.4 Å². The van der Waals surface area contributed by atoms with E-state index in [4.69, 9.17) is 34.8 Å². The molecule has 0 saturated heterocycles. The molecule has 0 amide bonds. The third-order valence-electron chi connectivity index (χ3n) is 2.21. The van der Waals surface area contributed by atoms with Gasteiger partial charge in [-0.05, 0) is 18.2 Å². The van der Waals surface area contributed by atoms with Gasteiger partial charge in [-0.25, -0.2) is 4.39 Å². The van der Waals surface area contributed by atoms with Crippen molar-refractivity contribution < 1.29 is 4.39 Å². The monoisotopic (exact) mass is 291 g/mol. The van der Waals surface area contributed by atoms with E-state index >= 15 is 0 Å². The molecule has 0 bridgehead atoms. The van der Waals surface area contributed by atoms with Gasteiger partial charge < -0.3 is 4.98 Å². The highest BCUT2D eigenvalue weighted by atomic mass is 35.5. The number of hydrogen-bond acceptors (Lipinski definition) is 1. The maximum atomic E-state index is 13.7. The van der Waals surface area contributed by atoms with Crippen molar-refractivity contribution in [2.45, 2.75) is 0 Å². The van der Waals surface area contributed by atoms with Crippen LogP contribution in [0.1, 0.15) is 0 Å². The molecule has 0 aliphatic heterocycles. The van der Waals surface area contributed by atoms with Crippen LogP contribution in [-0.2, 0) is 0 Å². The molecule has 0 fully saturated rings. The maximum Gasteiger partial charge on any atom is 0.284 e. The Balaban J connectivity index is 2.82. The molecule has 1 aromatic carbocycles. The number of halogens is 4. The van der Waals surface area contributed by atoms with Crippen LogP contribution in [0.25, 0.3) is 11.1 Å². The van der Waals surface area contributed by atoms with Gasteiger partial charge in [-0.2, -0.15) is 0 Å². The van der Waals surface area contributed by atoms with Crippen LogP contribution in [0.4, 0.5) is 4.39 Å². The Bertz CT molecular complexity index is 639. The van der Waals surface area contributed by atoms with Crippen LogP contribution in [0, 0.1) is 5.82 Å². The highest BCUT2D eigenvalue weighted by molar-refractivity contribution is 6.46. The Morgan fingerprint density at radius 3 is 2.41 bits per heavy atom. The minimum atomic E-state index is -0.946. The molecule has 1 heterocycles. The van der Waals surface area contributed by atoms with Crippen molar-refractivity contribution in [3.05, 3.63) is 55.6 Å². The zero-order valence-corrected chi connectivity index (χ0v) is 10.5. The zero-order valence-electron chi connectivity index (χ0n) is 8.23. The van der Waals surface area contributed by atoms with E-state index in [0.717, 1.165) is 0 Å². The van der Waals surface area contributed by atoms with Crippen LogP contribution < -0.4 is 5.56 Å². The summed E-state index contributed by atoms with van der Waals surface area (Å²) in [7, 11) is 0. The third-order valence-corrected chi connectivity index (χ3v) is 3.33. The van der Waals surface area contributed by atoms with Crippen LogP contribution >= 0.6 is 34.8 Å². The van der Waals surface area contributed by atoms with E-state index in [0.29, 0.717) is 0 Å². The summed E-state index contributed by atoms with van der Waals surface area (Å²) in [5, 5.41) is 0.582. The zero-order chi connectivity index (χ0) is 12.6. The lowest BCUT2D eigenvalue weighted by Crippen LogP contribution is -2.10. The average molecular weight is 293 g/mol. The molecule has 0 aliphatic carbocycles. The summed E-state index contributed by atoms with van der Waals surface area (Å²) in [6, 6.07) is 4.37. The summed E-state index contributed by atoms with van der Waals surface area (Å²) in [6.07, 6.45) is 1.31. The predicted octanol–water partition coefficient (Wildman–Crippen LogP) is 4.14. The number of aromatic amines is 1. The molecule has 17 heavy (non-hydrogen) atoms. The number of aromatic nitrogens is 1. The van der Waals surface area contributed by atoms with Gasteiger partial charge in [-0.1, -0.05) is 34.8 Å². The SMILES string of the molecule is O=c1[nH]ccc(-c2c(Cl)ccc(Cl)c2Cl)c1F. The first kappa shape index (κ1) is 12.4. The molecule has 1 aromatic heterocycles. The highest BCUT2D eigenvalue weighted by Crippen LogP contribution is 2.39. The highest BCUT2D eigenvalue weighted by Gasteiger charge is 2.16. The van der Waals surface area contributed by atoms with E-state index in [-0.39, 0.29) is 26.2 Å². The molecule has 2 nitrogen and oxygen atoms in total. The molecule has 0 radical (unpaired) electrons. The third kappa shape index (κ3) is 2.18. The van der Waals surface area contributed by atoms with Crippen molar-refractivity contribution in [3.63, 3.8) is 0 Å². The second kappa shape index (κ2) is 4.69. The second-order valence-electron chi connectivity index (χ2n) is 3.25. The van der Waals surface area contributed by atoms with Crippen molar-refractivity contribution in [2.24, 2.45) is 0 Å². The van der Waals surface area contributed by atoms with Crippen LogP contribution in [0.2, 0.25) is 15.1 Å². The van der Waals surface area contributed by atoms with Crippen LogP contribution in [0.15, 0.2) is 29.2 Å². The number of pyridine rings is 1. The van der Waals surface area contributed by atoms with Crippen molar-refractivity contribution >= 4 is 34.8 Å². The predicted molar refractivity (Wildman–Crippen MR) is 67.5 cm³/mol. The van der Waals surface area contributed by atoms with E-state index in [9.17, 15) is 9.18 Å². The molecule has 2 aromatic rings. The van der Waals surface area contributed by atoms with Gasteiger partial charge in [0.1, 0.15) is 0 Å². The van der Waals surface area contributed by atoms with E-state index in [1.165, 1.54) is 24.4 Å². The molecule has 2 rings (SSSR count). The van der Waals surface area contributed by atoms with Gasteiger partial charge in [-0.3, -0.25) is 4.79 Å². The number of H-pyrrole nitrogens is 1. The van der Waals surface area contributed by atoms with Crippen molar-refractivity contribution in [3.8, 4) is 11.1 Å². The second-order valence-corrected chi connectivity index (χ2v) is 4.45. The minimum Gasteiger partial charge on any atom is -0.327 e. The first-order chi connectivity index (χ1) is 8.02. The Morgan fingerprint density at radius 1 is 1.06 bits per heavy atom. The van der Waals surface area contributed by atoms with Crippen LogP contribution in [-0.4, -0.2) is 4.98 Å². The summed E-state index contributed by atoms with van der Waals surface area (Å²) in [5.41, 5.74) is -0.606. The molecular weight excluding hydrogens is 287 g/mol. The van der Waals surface area contributed by atoms with Crippen molar-refractivity contribution in [1.82, 2.24) is 4.98 Å². The fourth-order valence-electron chi connectivity index (χ4n) is 1.43. The first-order valence-corrected chi connectivity index (χ1v) is 5.67. The Labute approximate surface area is 111 Å². The first-order valence-electron chi connectivity index (χ1n) is 4.53. The fraction of sp³-hybridized carbons (Fsp3) is 0. The normalized spacial score (nSPS) is 10.6. The Kier molecular flexibility index (Phi) is 3.43. The van der Waals surface area contributed by atoms with Crippen molar-refractivity contribution in [2.75, 3.05) is 0 Å². The van der Waals surface area contributed by atoms with E-state index in [1.54, 1.807) is 0 Å². The number of hydrogen-bond donors (Lipinski definition) is 1. The van der Waals surface area contributed by atoms with Crippen LogP contribution in [0.5, 0.6) is 0 Å². The average Bonchev–Trinajstić information content (AvgIpc) is 2.30. The summed E-state index contributed by atoms with van der Waals surface area (Å²) in [4.78, 5) is 13.4. The van der Waals surface area contributed by atoms with Gasteiger partial charge in [0.05, 0.1) is 15.1 Å². The van der Waals surface area contributed by atoms with Gasteiger partial charge in [0, 0.05) is 17.3 Å². The molecule has 0 saturated carbocycles. The molecule has 88 valence electrons. The lowest BCUT2D eigenvalue weighted by atomic mass is 10.1. The lowest BCUT2D eigenvalue weighted by Gasteiger charge is -2.08. The van der Waals surface area contributed by atoms with E-state index in [2.05, 4.69) is 4.98 Å². The largest absolute Gasteiger partial charge is 0.327 e.